The zero-order valence-corrected chi connectivity index (χ0v) is 14.2. The van der Waals surface area contributed by atoms with Gasteiger partial charge in [0.2, 0.25) is 5.90 Å². The Morgan fingerprint density at radius 1 is 0.692 bits per heavy atom. The van der Waals surface area contributed by atoms with Gasteiger partial charge in [0.1, 0.15) is 5.76 Å². The predicted molar refractivity (Wildman–Crippen MR) is 109 cm³/mol. The van der Waals surface area contributed by atoms with Crippen LogP contribution in [0.1, 0.15) is 11.1 Å². The van der Waals surface area contributed by atoms with E-state index in [1.165, 1.54) is 0 Å². The van der Waals surface area contributed by atoms with Crippen molar-refractivity contribution in [3.8, 4) is 0 Å². The molecule has 4 aromatic rings. The van der Waals surface area contributed by atoms with E-state index in [1.807, 2.05) is 66.7 Å². The maximum Gasteiger partial charge on any atom is 0.243 e. The van der Waals surface area contributed by atoms with Gasteiger partial charge in [0, 0.05) is 11.1 Å². The molecule has 0 heterocycles. The lowest BCUT2D eigenvalue weighted by molar-refractivity contribution is 0.509. The monoisotopic (exact) mass is 338 g/mol. The summed E-state index contributed by atoms with van der Waals surface area (Å²) in [6, 6.07) is 28.2. The quantitative estimate of drug-likeness (QED) is 0.181. The normalized spacial score (nSPS) is 11.6. The Morgan fingerprint density at radius 3 is 1.81 bits per heavy atom. The van der Waals surface area contributed by atoms with Crippen LogP contribution in [-0.4, -0.2) is 5.90 Å². The van der Waals surface area contributed by atoms with Crippen LogP contribution in [0.3, 0.4) is 0 Å². The molecule has 0 saturated carbocycles. The summed E-state index contributed by atoms with van der Waals surface area (Å²) in [5.41, 5.74) is 1.76. The van der Waals surface area contributed by atoms with Crippen molar-refractivity contribution in [3.05, 3.63) is 103 Å². The minimum absolute atomic E-state index is 0.347. The van der Waals surface area contributed by atoms with E-state index in [0.717, 1.165) is 32.7 Å². The molecule has 0 atom stereocenters. The van der Waals surface area contributed by atoms with Crippen LogP contribution in [0.2, 0.25) is 0 Å². The molecule has 0 aliphatic rings. The van der Waals surface area contributed by atoms with E-state index < -0.39 is 0 Å². The van der Waals surface area contributed by atoms with Crippen LogP contribution in [-0.2, 0) is 4.74 Å². The summed E-state index contributed by atoms with van der Waals surface area (Å²) < 4.78 is 6.02. The van der Waals surface area contributed by atoms with E-state index in [9.17, 15) is 0 Å². The van der Waals surface area contributed by atoms with E-state index in [2.05, 4.69) is 29.9 Å². The van der Waals surface area contributed by atoms with Crippen molar-refractivity contribution < 1.29 is 4.74 Å². The second-order valence-electron chi connectivity index (χ2n) is 6.01. The number of hydrogen-bond acceptors (Lipinski definition) is 3. The number of hydrazone groups is 1. The molecule has 0 fully saturated rings. The van der Waals surface area contributed by atoms with Crippen LogP contribution in [0.4, 0.5) is 0 Å². The largest absolute Gasteiger partial charge is 0.437 e. The van der Waals surface area contributed by atoms with E-state index >= 15 is 0 Å². The first-order chi connectivity index (χ1) is 12.8. The molecule has 0 amide bonds. The van der Waals surface area contributed by atoms with E-state index in [1.54, 1.807) is 0 Å². The third-order valence-corrected chi connectivity index (χ3v) is 4.45. The Bertz CT molecular complexity index is 1130. The number of fused-ring (bicyclic) bond motifs is 2. The molecule has 0 saturated heterocycles. The molecule has 3 nitrogen and oxygen atoms in total. The van der Waals surface area contributed by atoms with Gasteiger partial charge < -0.3 is 10.6 Å². The highest BCUT2D eigenvalue weighted by Crippen LogP contribution is 2.27. The first kappa shape index (κ1) is 15.9. The van der Waals surface area contributed by atoms with Gasteiger partial charge in [-0.05, 0) is 27.6 Å². The molecule has 0 spiro atoms. The lowest BCUT2D eigenvalue weighted by Gasteiger charge is -2.14. The Morgan fingerprint density at radius 2 is 1.19 bits per heavy atom. The minimum Gasteiger partial charge on any atom is -0.437 e. The molecule has 4 aromatic carbocycles. The topological polar surface area (TPSA) is 47.6 Å². The average Bonchev–Trinajstić information content (AvgIpc) is 2.71. The van der Waals surface area contributed by atoms with Crippen molar-refractivity contribution >= 4 is 33.2 Å². The Labute approximate surface area is 152 Å². The fourth-order valence-corrected chi connectivity index (χ4v) is 3.20. The highest BCUT2D eigenvalue weighted by molar-refractivity contribution is 6.08. The second-order valence-corrected chi connectivity index (χ2v) is 6.01. The molecule has 26 heavy (non-hydrogen) atoms. The van der Waals surface area contributed by atoms with Crippen molar-refractivity contribution in [1.29, 1.82) is 0 Å². The zero-order chi connectivity index (χ0) is 17.9. The molecule has 126 valence electrons. The number of nitrogens with zero attached hydrogens (tertiary/aromatic N) is 1. The summed E-state index contributed by atoms with van der Waals surface area (Å²) in [7, 11) is 0. The summed E-state index contributed by atoms with van der Waals surface area (Å²) in [4.78, 5) is 0. The first-order valence-corrected chi connectivity index (χ1v) is 8.39. The molecule has 0 aliphatic heterocycles. The van der Waals surface area contributed by atoms with E-state index in [-0.39, 0.29) is 0 Å². The number of hydrogen-bond donors (Lipinski definition) is 1. The van der Waals surface area contributed by atoms with Gasteiger partial charge in [-0.2, -0.15) is 0 Å². The van der Waals surface area contributed by atoms with Gasteiger partial charge in [0.05, 0.1) is 0 Å². The zero-order valence-electron chi connectivity index (χ0n) is 14.2. The van der Waals surface area contributed by atoms with E-state index in [4.69, 9.17) is 10.6 Å². The van der Waals surface area contributed by atoms with E-state index in [0.29, 0.717) is 11.7 Å². The summed E-state index contributed by atoms with van der Waals surface area (Å²) in [6.07, 6.45) is 0. The van der Waals surface area contributed by atoms with Crippen molar-refractivity contribution in [2.45, 2.75) is 0 Å². The third-order valence-electron chi connectivity index (χ3n) is 4.45. The Hall–Kier alpha value is -3.59. The van der Waals surface area contributed by atoms with Gasteiger partial charge in [-0.15, -0.1) is 5.10 Å². The SMILES string of the molecule is C=C(O/C(=N\N)c1cccc2ccccc12)c1cccc2ccccc12. The lowest BCUT2D eigenvalue weighted by atomic mass is 10.0. The third kappa shape index (κ3) is 2.80. The van der Waals surface area contributed by atoms with Gasteiger partial charge >= 0.3 is 0 Å². The summed E-state index contributed by atoms with van der Waals surface area (Å²) in [6.45, 7) is 4.11. The molecular weight excluding hydrogens is 320 g/mol. The molecule has 4 rings (SSSR count). The van der Waals surface area contributed by atoms with Crippen LogP contribution >= 0.6 is 0 Å². The van der Waals surface area contributed by atoms with Gasteiger partial charge in [-0.3, -0.25) is 0 Å². The van der Waals surface area contributed by atoms with Crippen LogP contribution < -0.4 is 5.84 Å². The molecule has 0 bridgehead atoms. The summed E-state index contributed by atoms with van der Waals surface area (Å²) >= 11 is 0. The standard InChI is InChI=1S/C23H18N2O/c1-16(19-14-6-10-17-8-2-4-12-20(17)19)26-23(25-24)22-15-7-11-18-9-3-5-13-21(18)22/h2-15H,1,24H2/b25-23-. The van der Waals surface area contributed by atoms with Crippen molar-refractivity contribution in [1.82, 2.24) is 0 Å². The second kappa shape index (κ2) is 6.73. The van der Waals surface area contributed by atoms with Gasteiger partial charge in [0.15, 0.2) is 0 Å². The Kier molecular flexibility index (Phi) is 4.12. The fraction of sp³-hybridized carbons (Fsp3) is 0. The molecule has 0 aliphatic carbocycles. The van der Waals surface area contributed by atoms with Gasteiger partial charge in [-0.1, -0.05) is 85.4 Å². The minimum atomic E-state index is 0.347. The molecule has 2 N–H and O–H groups in total. The van der Waals surface area contributed by atoms with Crippen molar-refractivity contribution in [3.63, 3.8) is 0 Å². The number of benzene rings is 4. The van der Waals surface area contributed by atoms with Crippen LogP contribution in [0.15, 0.2) is 96.6 Å². The first-order valence-electron chi connectivity index (χ1n) is 8.39. The smallest absolute Gasteiger partial charge is 0.243 e. The molecule has 0 radical (unpaired) electrons. The Balaban J connectivity index is 1.74. The summed E-state index contributed by atoms with van der Waals surface area (Å²) in [5, 5.41) is 8.23. The summed E-state index contributed by atoms with van der Waals surface area (Å²) in [5.74, 6) is 6.52. The molecule has 0 unspecified atom stereocenters. The highest BCUT2D eigenvalue weighted by atomic mass is 16.5. The molecule has 0 aromatic heterocycles. The predicted octanol–water partition coefficient (Wildman–Crippen LogP) is 5.30. The highest BCUT2D eigenvalue weighted by Gasteiger charge is 2.13. The van der Waals surface area contributed by atoms with Crippen LogP contribution in [0.25, 0.3) is 27.3 Å². The van der Waals surface area contributed by atoms with Crippen molar-refractivity contribution in [2.24, 2.45) is 10.9 Å². The molecule has 3 heteroatoms. The van der Waals surface area contributed by atoms with Gasteiger partial charge in [0.25, 0.3) is 0 Å². The number of nitrogens with two attached hydrogens (primary N) is 1. The average molecular weight is 338 g/mol. The molecular formula is C23H18N2O. The van der Waals surface area contributed by atoms with Crippen LogP contribution in [0, 0.1) is 0 Å². The van der Waals surface area contributed by atoms with Crippen LogP contribution in [0.5, 0.6) is 0 Å². The number of ether oxygens (including phenoxy) is 1. The maximum absolute atomic E-state index is 6.02. The number of rotatable bonds is 3. The maximum atomic E-state index is 6.02. The lowest BCUT2D eigenvalue weighted by Crippen LogP contribution is -2.09. The van der Waals surface area contributed by atoms with Gasteiger partial charge in [-0.25, -0.2) is 0 Å². The fourth-order valence-electron chi connectivity index (χ4n) is 3.20. The van der Waals surface area contributed by atoms with Crippen molar-refractivity contribution in [2.75, 3.05) is 0 Å².